The van der Waals surface area contributed by atoms with E-state index in [2.05, 4.69) is 5.32 Å². The van der Waals surface area contributed by atoms with E-state index >= 15 is 0 Å². The SMILES string of the molecule is CCOc1ccc(S(=O)(=O)N(CC(=O)Nc2ccc(F)cc2)C2CCCCC2)cc1. The van der Waals surface area contributed by atoms with Crippen LogP contribution in [0.25, 0.3) is 0 Å². The van der Waals surface area contributed by atoms with Crippen LogP contribution < -0.4 is 10.1 Å². The molecule has 0 radical (unpaired) electrons. The van der Waals surface area contributed by atoms with Crippen LogP contribution in [-0.2, 0) is 14.8 Å². The number of hydrogen-bond donors (Lipinski definition) is 1. The summed E-state index contributed by atoms with van der Waals surface area (Å²) in [4.78, 5) is 12.8. The van der Waals surface area contributed by atoms with Crippen LogP contribution >= 0.6 is 0 Å². The van der Waals surface area contributed by atoms with Crippen molar-refractivity contribution in [3.63, 3.8) is 0 Å². The van der Waals surface area contributed by atoms with Gasteiger partial charge < -0.3 is 10.1 Å². The van der Waals surface area contributed by atoms with Crippen LogP contribution in [0, 0.1) is 5.82 Å². The lowest BCUT2D eigenvalue weighted by atomic mass is 9.95. The van der Waals surface area contributed by atoms with E-state index in [0.717, 1.165) is 32.1 Å². The van der Waals surface area contributed by atoms with Crippen molar-refractivity contribution in [1.82, 2.24) is 4.31 Å². The van der Waals surface area contributed by atoms with Crippen LogP contribution in [0.3, 0.4) is 0 Å². The summed E-state index contributed by atoms with van der Waals surface area (Å²) < 4.78 is 46.6. The fourth-order valence-electron chi connectivity index (χ4n) is 3.66. The number of nitrogens with zero attached hydrogens (tertiary/aromatic N) is 1. The molecule has 1 N–H and O–H groups in total. The van der Waals surface area contributed by atoms with Crippen molar-refractivity contribution in [3.05, 3.63) is 54.3 Å². The lowest BCUT2D eigenvalue weighted by Crippen LogP contribution is -2.45. The molecular weight excluding hydrogens is 407 g/mol. The maximum Gasteiger partial charge on any atom is 0.243 e. The highest BCUT2D eigenvalue weighted by molar-refractivity contribution is 7.89. The zero-order chi connectivity index (χ0) is 21.6. The molecule has 0 aliphatic heterocycles. The van der Waals surface area contributed by atoms with Gasteiger partial charge in [0.05, 0.1) is 18.0 Å². The third-order valence-electron chi connectivity index (χ3n) is 5.15. The predicted molar refractivity (Wildman–Crippen MR) is 113 cm³/mol. The Morgan fingerprint density at radius 3 is 2.30 bits per heavy atom. The molecule has 2 aromatic carbocycles. The topological polar surface area (TPSA) is 75.7 Å². The third kappa shape index (κ3) is 5.58. The van der Waals surface area contributed by atoms with Crippen LogP contribution in [0.2, 0.25) is 0 Å². The smallest absolute Gasteiger partial charge is 0.243 e. The second-order valence-electron chi connectivity index (χ2n) is 7.30. The van der Waals surface area contributed by atoms with Crippen molar-refractivity contribution in [1.29, 1.82) is 0 Å². The van der Waals surface area contributed by atoms with Crippen molar-refractivity contribution in [2.24, 2.45) is 0 Å². The Hall–Kier alpha value is -2.45. The Morgan fingerprint density at radius 1 is 1.07 bits per heavy atom. The number of sulfonamides is 1. The monoisotopic (exact) mass is 434 g/mol. The van der Waals surface area contributed by atoms with Gasteiger partial charge in [-0.1, -0.05) is 19.3 Å². The van der Waals surface area contributed by atoms with Crippen LogP contribution in [0.4, 0.5) is 10.1 Å². The first-order chi connectivity index (χ1) is 14.4. The van der Waals surface area contributed by atoms with Gasteiger partial charge >= 0.3 is 0 Å². The van der Waals surface area contributed by atoms with Crippen molar-refractivity contribution in [2.45, 2.75) is 50.0 Å². The fraction of sp³-hybridized carbons (Fsp3) is 0.409. The van der Waals surface area contributed by atoms with E-state index in [4.69, 9.17) is 4.74 Å². The number of benzene rings is 2. The number of nitrogens with one attached hydrogen (secondary N) is 1. The molecule has 0 atom stereocenters. The number of amides is 1. The minimum Gasteiger partial charge on any atom is -0.494 e. The Balaban J connectivity index is 1.81. The molecule has 6 nitrogen and oxygen atoms in total. The van der Waals surface area contributed by atoms with Gasteiger partial charge in [-0.05, 0) is 68.3 Å². The molecule has 1 aliphatic carbocycles. The number of halogens is 1. The van der Waals surface area contributed by atoms with Gasteiger partial charge in [-0.15, -0.1) is 0 Å². The highest BCUT2D eigenvalue weighted by atomic mass is 32.2. The molecule has 162 valence electrons. The summed E-state index contributed by atoms with van der Waals surface area (Å²) in [5.74, 6) is -0.272. The molecule has 0 unspecified atom stereocenters. The number of anilines is 1. The van der Waals surface area contributed by atoms with Gasteiger partial charge in [-0.2, -0.15) is 4.31 Å². The average molecular weight is 435 g/mol. The molecule has 30 heavy (non-hydrogen) atoms. The molecule has 0 saturated heterocycles. The molecule has 0 bridgehead atoms. The van der Waals surface area contributed by atoms with Crippen molar-refractivity contribution < 1.29 is 22.3 Å². The van der Waals surface area contributed by atoms with E-state index < -0.39 is 21.7 Å². The minimum atomic E-state index is -3.87. The molecule has 2 aromatic rings. The van der Waals surface area contributed by atoms with Gasteiger partial charge in [0.15, 0.2) is 0 Å². The van der Waals surface area contributed by atoms with Gasteiger partial charge in [0.2, 0.25) is 15.9 Å². The quantitative estimate of drug-likeness (QED) is 0.676. The Kier molecular flexibility index (Phi) is 7.44. The molecule has 1 aliphatic rings. The molecule has 0 spiro atoms. The average Bonchev–Trinajstić information content (AvgIpc) is 2.75. The Morgan fingerprint density at radius 2 is 1.70 bits per heavy atom. The largest absolute Gasteiger partial charge is 0.494 e. The first kappa shape index (κ1) is 22.2. The number of rotatable bonds is 8. The maximum atomic E-state index is 13.4. The van der Waals surface area contributed by atoms with Crippen LogP contribution in [0.15, 0.2) is 53.4 Å². The van der Waals surface area contributed by atoms with E-state index in [0.29, 0.717) is 18.0 Å². The number of hydrogen-bond acceptors (Lipinski definition) is 4. The molecule has 1 fully saturated rings. The van der Waals surface area contributed by atoms with Crippen LogP contribution in [-0.4, -0.2) is 37.8 Å². The molecular formula is C22H27FN2O4S. The number of carbonyl (C=O) groups is 1. The summed E-state index contributed by atoms with van der Waals surface area (Å²) in [5.41, 5.74) is 0.420. The summed E-state index contributed by atoms with van der Waals surface area (Å²) >= 11 is 0. The molecule has 8 heteroatoms. The maximum absolute atomic E-state index is 13.4. The Labute approximate surface area is 177 Å². The van der Waals surface area contributed by atoms with Crippen molar-refractivity contribution in [2.75, 3.05) is 18.5 Å². The summed E-state index contributed by atoms with van der Waals surface area (Å²) in [7, 11) is -3.87. The number of carbonyl (C=O) groups excluding carboxylic acids is 1. The van der Waals surface area contributed by atoms with E-state index in [-0.39, 0.29) is 17.5 Å². The van der Waals surface area contributed by atoms with Gasteiger partial charge in [-0.25, -0.2) is 12.8 Å². The van der Waals surface area contributed by atoms with Gasteiger partial charge in [0.1, 0.15) is 11.6 Å². The van der Waals surface area contributed by atoms with Gasteiger partial charge in [0.25, 0.3) is 0 Å². The first-order valence-electron chi connectivity index (χ1n) is 10.2. The molecule has 0 heterocycles. The van der Waals surface area contributed by atoms with Crippen LogP contribution in [0.1, 0.15) is 39.0 Å². The lowest BCUT2D eigenvalue weighted by molar-refractivity contribution is -0.116. The highest BCUT2D eigenvalue weighted by Gasteiger charge is 2.34. The summed E-state index contributed by atoms with van der Waals surface area (Å²) in [5, 5.41) is 2.66. The van der Waals surface area contributed by atoms with Gasteiger partial charge in [0, 0.05) is 11.7 Å². The number of ether oxygens (including phenoxy) is 1. The second kappa shape index (κ2) is 10.0. The lowest BCUT2D eigenvalue weighted by Gasteiger charge is -2.33. The fourth-order valence-corrected chi connectivity index (χ4v) is 5.31. The zero-order valence-electron chi connectivity index (χ0n) is 17.0. The summed E-state index contributed by atoms with van der Waals surface area (Å²) in [6, 6.07) is 11.4. The molecule has 0 aromatic heterocycles. The molecule has 3 rings (SSSR count). The zero-order valence-corrected chi connectivity index (χ0v) is 17.8. The normalized spacial score (nSPS) is 15.2. The summed E-state index contributed by atoms with van der Waals surface area (Å²) in [6.07, 6.45) is 4.37. The molecule has 1 saturated carbocycles. The van der Waals surface area contributed by atoms with E-state index in [1.807, 2.05) is 6.92 Å². The van der Waals surface area contributed by atoms with Crippen molar-refractivity contribution in [3.8, 4) is 5.75 Å². The standard InChI is InChI=1S/C22H27FN2O4S/c1-2-29-20-12-14-21(15-13-20)30(27,28)25(19-6-4-3-5-7-19)16-22(26)24-18-10-8-17(23)9-11-18/h8-15,19H,2-7,16H2,1H3,(H,24,26). The molecule has 1 amide bonds. The van der Waals surface area contributed by atoms with Crippen LogP contribution in [0.5, 0.6) is 5.75 Å². The van der Waals surface area contributed by atoms with Crippen molar-refractivity contribution >= 4 is 21.6 Å². The first-order valence-corrected chi connectivity index (χ1v) is 11.6. The van der Waals surface area contributed by atoms with E-state index in [1.54, 1.807) is 12.1 Å². The Bertz CT molecular complexity index is 940. The summed E-state index contributed by atoms with van der Waals surface area (Å²) in [6.45, 7) is 2.05. The van der Waals surface area contributed by atoms with E-state index in [1.165, 1.54) is 40.7 Å². The predicted octanol–water partition coefficient (Wildman–Crippen LogP) is 4.19. The third-order valence-corrected chi connectivity index (χ3v) is 7.06. The van der Waals surface area contributed by atoms with E-state index in [9.17, 15) is 17.6 Å². The van der Waals surface area contributed by atoms with Gasteiger partial charge in [-0.3, -0.25) is 4.79 Å². The second-order valence-corrected chi connectivity index (χ2v) is 9.19. The minimum absolute atomic E-state index is 0.131. The highest BCUT2D eigenvalue weighted by Crippen LogP contribution is 2.28.